The lowest BCUT2D eigenvalue weighted by Gasteiger charge is -2.12. The number of rotatable bonds is 4. The van der Waals surface area contributed by atoms with Gasteiger partial charge in [0.05, 0.1) is 5.69 Å². The topological polar surface area (TPSA) is 43.8 Å². The number of nitrogens with zero attached hydrogens (tertiary/aromatic N) is 2. The minimum absolute atomic E-state index is 0.397. The third-order valence-electron chi connectivity index (χ3n) is 2.53. The predicted molar refractivity (Wildman–Crippen MR) is 64.9 cm³/mol. The van der Waals surface area contributed by atoms with Crippen molar-refractivity contribution in [2.45, 2.75) is 53.5 Å². The molecule has 0 spiro atoms. The molecule has 0 aliphatic heterocycles. The highest BCUT2D eigenvalue weighted by Crippen LogP contribution is 2.22. The predicted octanol–water partition coefficient (Wildman–Crippen LogP) is 2.81. The van der Waals surface area contributed by atoms with E-state index in [9.17, 15) is 0 Å². The van der Waals surface area contributed by atoms with Crippen LogP contribution >= 0.6 is 0 Å². The third-order valence-corrected chi connectivity index (χ3v) is 2.53. The smallest absolute Gasteiger partial charge is 0.127 e. The van der Waals surface area contributed by atoms with E-state index in [1.54, 1.807) is 0 Å². The van der Waals surface area contributed by atoms with Crippen molar-refractivity contribution < 1.29 is 0 Å². The minimum atomic E-state index is 0.397. The van der Waals surface area contributed by atoms with Crippen molar-refractivity contribution in [2.24, 2.45) is 5.92 Å². The molecular weight excluding hydrogens is 186 g/mol. The Morgan fingerprint density at radius 1 is 1.27 bits per heavy atom. The van der Waals surface area contributed by atoms with Crippen LogP contribution in [0.3, 0.4) is 0 Å². The van der Waals surface area contributed by atoms with E-state index in [1.807, 2.05) is 0 Å². The molecule has 3 nitrogen and oxygen atoms in total. The Balaban J connectivity index is 3.10. The quantitative estimate of drug-likeness (QED) is 0.828. The lowest BCUT2D eigenvalue weighted by Crippen LogP contribution is -2.09. The van der Waals surface area contributed by atoms with Gasteiger partial charge in [0.1, 0.15) is 11.6 Å². The van der Waals surface area contributed by atoms with Crippen LogP contribution < -0.4 is 5.73 Å². The van der Waals surface area contributed by atoms with Gasteiger partial charge in [-0.25, -0.2) is 4.98 Å². The van der Waals surface area contributed by atoms with Crippen molar-refractivity contribution in [3.8, 4) is 0 Å². The summed E-state index contributed by atoms with van der Waals surface area (Å²) in [4.78, 5) is 4.63. The van der Waals surface area contributed by atoms with E-state index in [2.05, 4.69) is 44.2 Å². The van der Waals surface area contributed by atoms with Crippen molar-refractivity contribution in [3.05, 3.63) is 11.5 Å². The first-order chi connectivity index (χ1) is 6.97. The fourth-order valence-electron chi connectivity index (χ4n) is 1.91. The van der Waals surface area contributed by atoms with Gasteiger partial charge in [0.25, 0.3) is 0 Å². The van der Waals surface area contributed by atoms with Crippen LogP contribution in [0.4, 0.5) is 5.82 Å². The zero-order chi connectivity index (χ0) is 11.6. The average Bonchev–Trinajstić information content (AvgIpc) is 2.42. The van der Waals surface area contributed by atoms with Gasteiger partial charge in [-0.05, 0) is 26.2 Å². The molecule has 0 aromatic carbocycles. The SMILES string of the molecule is CCc1nc(CC(C)C)c(N)n1C(C)C. The van der Waals surface area contributed by atoms with E-state index in [0.29, 0.717) is 12.0 Å². The Kier molecular flexibility index (Phi) is 3.77. The van der Waals surface area contributed by atoms with Crippen molar-refractivity contribution >= 4 is 5.82 Å². The molecular formula is C12H23N3. The van der Waals surface area contributed by atoms with Gasteiger partial charge in [-0.15, -0.1) is 0 Å². The number of nitrogen functional groups attached to an aromatic ring is 1. The van der Waals surface area contributed by atoms with Crippen LogP contribution in [-0.4, -0.2) is 9.55 Å². The molecule has 1 rings (SSSR count). The Morgan fingerprint density at radius 2 is 1.87 bits per heavy atom. The van der Waals surface area contributed by atoms with E-state index in [0.717, 1.165) is 30.2 Å². The van der Waals surface area contributed by atoms with Crippen LogP contribution in [0, 0.1) is 5.92 Å². The molecule has 0 saturated carbocycles. The summed E-state index contributed by atoms with van der Waals surface area (Å²) in [6.07, 6.45) is 1.92. The first kappa shape index (κ1) is 12.1. The average molecular weight is 209 g/mol. The summed E-state index contributed by atoms with van der Waals surface area (Å²) in [5.74, 6) is 2.57. The zero-order valence-electron chi connectivity index (χ0n) is 10.5. The molecule has 86 valence electrons. The fourth-order valence-corrected chi connectivity index (χ4v) is 1.91. The van der Waals surface area contributed by atoms with Gasteiger partial charge in [0, 0.05) is 12.5 Å². The zero-order valence-corrected chi connectivity index (χ0v) is 10.5. The lowest BCUT2D eigenvalue weighted by molar-refractivity contribution is 0.578. The summed E-state index contributed by atoms with van der Waals surface area (Å²) in [5.41, 5.74) is 7.19. The minimum Gasteiger partial charge on any atom is -0.384 e. The van der Waals surface area contributed by atoms with Gasteiger partial charge in [-0.2, -0.15) is 0 Å². The summed E-state index contributed by atoms with van der Waals surface area (Å²) in [5, 5.41) is 0. The van der Waals surface area contributed by atoms with Gasteiger partial charge in [0.2, 0.25) is 0 Å². The van der Waals surface area contributed by atoms with Crippen molar-refractivity contribution in [3.63, 3.8) is 0 Å². The summed E-state index contributed by atoms with van der Waals surface area (Å²) >= 11 is 0. The maximum absolute atomic E-state index is 6.13. The molecule has 15 heavy (non-hydrogen) atoms. The monoisotopic (exact) mass is 209 g/mol. The molecule has 3 heteroatoms. The Labute approximate surface area is 92.7 Å². The van der Waals surface area contributed by atoms with E-state index >= 15 is 0 Å². The number of hydrogen-bond acceptors (Lipinski definition) is 2. The second-order valence-electron chi connectivity index (χ2n) is 4.78. The second-order valence-corrected chi connectivity index (χ2v) is 4.78. The highest BCUT2D eigenvalue weighted by molar-refractivity contribution is 5.39. The van der Waals surface area contributed by atoms with Gasteiger partial charge >= 0.3 is 0 Å². The fraction of sp³-hybridized carbons (Fsp3) is 0.750. The van der Waals surface area contributed by atoms with Crippen LogP contribution in [0.1, 0.15) is 52.2 Å². The van der Waals surface area contributed by atoms with Gasteiger partial charge in [-0.1, -0.05) is 20.8 Å². The van der Waals surface area contributed by atoms with Crippen molar-refractivity contribution in [1.29, 1.82) is 0 Å². The number of nitrogens with two attached hydrogens (primary N) is 1. The molecule has 0 unspecified atom stereocenters. The van der Waals surface area contributed by atoms with Crippen LogP contribution in [0.2, 0.25) is 0 Å². The van der Waals surface area contributed by atoms with E-state index < -0.39 is 0 Å². The molecule has 0 aliphatic rings. The molecule has 0 saturated heterocycles. The summed E-state index contributed by atoms with van der Waals surface area (Å²) in [6.45, 7) is 10.8. The van der Waals surface area contributed by atoms with Crippen LogP contribution in [-0.2, 0) is 12.8 Å². The Morgan fingerprint density at radius 3 is 2.20 bits per heavy atom. The molecule has 0 amide bonds. The number of imidazole rings is 1. The van der Waals surface area contributed by atoms with Gasteiger partial charge < -0.3 is 10.3 Å². The number of hydrogen-bond donors (Lipinski definition) is 1. The highest BCUT2D eigenvalue weighted by atomic mass is 15.2. The highest BCUT2D eigenvalue weighted by Gasteiger charge is 2.15. The summed E-state index contributed by atoms with van der Waals surface area (Å²) < 4.78 is 2.15. The lowest BCUT2D eigenvalue weighted by atomic mass is 10.1. The van der Waals surface area contributed by atoms with E-state index in [4.69, 9.17) is 5.73 Å². The van der Waals surface area contributed by atoms with Gasteiger partial charge in [0.15, 0.2) is 0 Å². The molecule has 0 fully saturated rings. The maximum atomic E-state index is 6.13. The Hall–Kier alpha value is -0.990. The molecule has 1 aromatic rings. The van der Waals surface area contributed by atoms with E-state index in [1.165, 1.54) is 0 Å². The Bertz CT molecular complexity index is 324. The first-order valence-corrected chi connectivity index (χ1v) is 5.82. The first-order valence-electron chi connectivity index (χ1n) is 5.82. The third kappa shape index (κ3) is 2.52. The van der Waals surface area contributed by atoms with Crippen molar-refractivity contribution in [2.75, 3.05) is 5.73 Å². The number of aryl methyl sites for hydroxylation is 1. The molecule has 1 heterocycles. The van der Waals surface area contributed by atoms with Crippen LogP contribution in [0.25, 0.3) is 0 Å². The maximum Gasteiger partial charge on any atom is 0.127 e. The molecule has 2 N–H and O–H groups in total. The molecule has 1 aromatic heterocycles. The van der Waals surface area contributed by atoms with E-state index in [-0.39, 0.29) is 0 Å². The standard InChI is InChI=1S/C12H23N3/c1-6-11-14-10(7-8(2)3)12(13)15(11)9(4)5/h8-9H,6-7,13H2,1-5H3. The van der Waals surface area contributed by atoms with Gasteiger partial charge in [-0.3, -0.25) is 0 Å². The summed E-state index contributed by atoms with van der Waals surface area (Å²) in [7, 11) is 0. The molecule has 0 aliphatic carbocycles. The normalized spacial score (nSPS) is 11.7. The summed E-state index contributed by atoms with van der Waals surface area (Å²) in [6, 6.07) is 0.397. The molecule has 0 atom stereocenters. The largest absolute Gasteiger partial charge is 0.384 e. The van der Waals surface area contributed by atoms with Crippen LogP contribution in [0.5, 0.6) is 0 Å². The second kappa shape index (κ2) is 4.69. The number of aromatic nitrogens is 2. The van der Waals surface area contributed by atoms with Crippen LogP contribution in [0.15, 0.2) is 0 Å². The number of anilines is 1. The molecule has 0 radical (unpaired) electrons. The van der Waals surface area contributed by atoms with Crippen molar-refractivity contribution in [1.82, 2.24) is 9.55 Å². The molecule has 0 bridgehead atoms.